The van der Waals surface area contributed by atoms with E-state index in [0.717, 1.165) is 11.3 Å². The van der Waals surface area contributed by atoms with Gasteiger partial charge in [0.1, 0.15) is 11.8 Å². The summed E-state index contributed by atoms with van der Waals surface area (Å²) in [6.07, 6.45) is 0.101. The highest BCUT2D eigenvalue weighted by Gasteiger charge is 2.27. The SMILES string of the molecule is CCC(F)c1cc(N2CCN(C(=O)OC(C)(C)C)CC2)cc(-c2ccccc2C=NO)c1Cl. The lowest BCUT2D eigenvalue weighted by molar-refractivity contribution is 0.0240. The van der Waals surface area contributed by atoms with Crippen LogP contribution in [0.2, 0.25) is 5.02 Å². The first-order valence-electron chi connectivity index (χ1n) is 11.1. The van der Waals surface area contributed by atoms with Crippen molar-refractivity contribution in [2.24, 2.45) is 5.16 Å². The molecule has 0 bridgehead atoms. The van der Waals surface area contributed by atoms with Gasteiger partial charge in [-0.05, 0) is 44.9 Å². The second-order valence-electron chi connectivity index (χ2n) is 9.06. The molecule has 0 spiro atoms. The lowest BCUT2D eigenvalue weighted by atomic mass is 9.95. The van der Waals surface area contributed by atoms with Crippen LogP contribution in [0.3, 0.4) is 0 Å². The van der Waals surface area contributed by atoms with Gasteiger partial charge in [0.15, 0.2) is 0 Å². The molecule has 1 amide bonds. The number of halogens is 2. The number of oxime groups is 1. The summed E-state index contributed by atoms with van der Waals surface area (Å²) < 4.78 is 20.4. The van der Waals surface area contributed by atoms with Crippen molar-refractivity contribution in [3.63, 3.8) is 0 Å². The maximum absolute atomic E-state index is 14.9. The minimum absolute atomic E-state index is 0.300. The van der Waals surface area contributed by atoms with Crippen LogP contribution in [-0.4, -0.2) is 54.2 Å². The summed E-state index contributed by atoms with van der Waals surface area (Å²) in [5.41, 5.74) is 2.81. The van der Waals surface area contributed by atoms with Gasteiger partial charge in [0.25, 0.3) is 0 Å². The Morgan fingerprint density at radius 1 is 1.21 bits per heavy atom. The topological polar surface area (TPSA) is 65.4 Å². The number of benzene rings is 2. The zero-order valence-electron chi connectivity index (χ0n) is 19.5. The first-order valence-corrected chi connectivity index (χ1v) is 11.5. The van der Waals surface area contributed by atoms with E-state index in [4.69, 9.17) is 21.5 Å². The number of piperazine rings is 1. The second kappa shape index (κ2) is 10.4. The zero-order chi connectivity index (χ0) is 24.2. The van der Waals surface area contributed by atoms with E-state index in [-0.39, 0.29) is 6.09 Å². The molecule has 1 heterocycles. The lowest BCUT2D eigenvalue weighted by Crippen LogP contribution is -2.50. The summed E-state index contributed by atoms with van der Waals surface area (Å²) in [6.45, 7) is 9.49. The molecular weight excluding hydrogens is 445 g/mol. The Morgan fingerprint density at radius 3 is 2.48 bits per heavy atom. The maximum atomic E-state index is 14.9. The van der Waals surface area contributed by atoms with E-state index in [0.29, 0.717) is 54.3 Å². The molecule has 0 radical (unpaired) electrons. The predicted octanol–water partition coefficient (Wildman–Crippen LogP) is 6.29. The molecule has 1 N–H and O–H groups in total. The van der Waals surface area contributed by atoms with E-state index < -0.39 is 11.8 Å². The fourth-order valence-electron chi connectivity index (χ4n) is 3.85. The monoisotopic (exact) mass is 475 g/mol. The third-order valence-corrected chi connectivity index (χ3v) is 5.95. The van der Waals surface area contributed by atoms with Crippen LogP contribution in [0.5, 0.6) is 0 Å². The van der Waals surface area contributed by atoms with Crippen LogP contribution < -0.4 is 4.90 Å². The molecule has 1 aliphatic rings. The molecule has 1 atom stereocenters. The number of hydrogen-bond acceptors (Lipinski definition) is 5. The molecule has 1 saturated heterocycles. The Hall–Kier alpha value is -2.80. The molecule has 8 heteroatoms. The van der Waals surface area contributed by atoms with E-state index >= 15 is 0 Å². The van der Waals surface area contributed by atoms with Crippen LogP contribution in [0.1, 0.15) is 51.4 Å². The van der Waals surface area contributed by atoms with Gasteiger partial charge in [-0.3, -0.25) is 0 Å². The van der Waals surface area contributed by atoms with Crippen LogP contribution in [0, 0.1) is 0 Å². The van der Waals surface area contributed by atoms with Crippen molar-refractivity contribution in [1.29, 1.82) is 0 Å². The van der Waals surface area contributed by atoms with E-state index in [1.807, 2.05) is 51.1 Å². The summed E-state index contributed by atoms with van der Waals surface area (Å²) in [6, 6.07) is 11.1. The number of amides is 1. The van der Waals surface area contributed by atoms with Crippen LogP contribution >= 0.6 is 11.6 Å². The highest BCUT2D eigenvalue weighted by molar-refractivity contribution is 6.34. The number of carbonyl (C=O) groups excluding carboxylic acids is 1. The van der Waals surface area contributed by atoms with Gasteiger partial charge in [0.05, 0.1) is 11.2 Å². The van der Waals surface area contributed by atoms with Gasteiger partial charge in [-0.2, -0.15) is 0 Å². The Morgan fingerprint density at radius 2 is 1.88 bits per heavy atom. The van der Waals surface area contributed by atoms with E-state index in [2.05, 4.69) is 10.1 Å². The van der Waals surface area contributed by atoms with Crippen LogP contribution in [-0.2, 0) is 4.74 Å². The van der Waals surface area contributed by atoms with Gasteiger partial charge in [-0.1, -0.05) is 47.9 Å². The zero-order valence-corrected chi connectivity index (χ0v) is 20.3. The third-order valence-electron chi connectivity index (χ3n) is 5.53. The fourth-order valence-corrected chi connectivity index (χ4v) is 4.18. The smallest absolute Gasteiger partial charge is 0.410 e. The van der Waals surface area contributed by atoms with Crippen LogP contribution in [0.4, 0.5) is 14.9 Å². The molecule has 33 heavy (non-hydrogen) atoms. The number of nitrogens with zero attached hydrogens (tertiary/aromatic N) is 3. The van der Waals surface area contributed by atoms with Crippen molar-refractivity contribution < 1.29 is 19.1 Å². The van der Waals surface area contributed by atoms with E-state index in [9.17, 15) is 9.18 Å². The minimum atomic E-state index is -1.21. The Labute approximate surface area is 199 Å². The fraction of sp³-hybridized carbons (Fsp3) is 0.440. The number of anilines is 1. The number of hydrogen-bond donors (Lipinski definition) is 1. The summed E-state index contributed by atoms with van der Waals surface area (Å²) in [5, 5.41) is 12.6. The molecule has 1 unspecified atom stereocenters. The number of rotatable bonds is 5. The molecule has 1 aliphatic heterocycles. The Bertz CT molecular complexity index is 1010. The second-order valence-corrected chi connectivity index (χ2v) is 9.44. The van der Waals surface area contributed by atoms with Crippen molar-refractivity contribution in [2.45, 2.75) is 45.9 Å². The van der Waals surface area contributed by atoms with Crippen LogP contribution in [0.15, 0.2) is 41.6 Å². The molecule has 178 valence electrons. The normalized spacial score (nSPS) is 15.7. The molecule has 3 rings (SSSR count). The molecule has 2 aromatic carbocycles. The molecule has 1 fully saturated rings. The third kappa shape index (κ3) is 5.96. The Kier molecular flexibility index (Phi) is 7.84. The Balaban J connectivity index is 1.94. The van der Waals surface area contributed by atoms with Gasteiger partial charge in [0.2, 0.25) is 0 Å². The van der Waals surface area contributed by atoms with Gasteiger partial charge >= 0.3 is 6.09 Å². The molecule has 2 aromatic rings. The molecule has 6 nitrogen and oxygen atoms in total. The number of alkyl halides is 1. The minimum Gasteiger partial charge on any atom is -0.444 e. The number of carbonyl (C=O) groups is 1. The van der Waals surface area contributed by atoms with Crippen molar-refractivity contribution in [1.82, 2.24) is 4.90 Å². The van der Waals surface area contributed by atoms with Gasteiger partial charge < -0.3 is 19.7 Å². The van der Waals surface area contributed by atoms with Crippen LogP contribution in [0.25, 0.3) is 11.1 Å². The van der Waals surface area contributed by atoms with Gasteiger partial charge in [-0.25, -0.2) is 9.18 Å². The summed E-state index contributed by atoms with van der Waals surface area (Å²) in [5.74, 6) is 0. The first kappa shape index (κ1) is 24.8. The molecule has 0 saturated carbocycles. The highest BCUT2D eigenvalue weighted by Crippen LogP contribution is 2.40. The molecule has 0 aliphatic carbocycles. The number of ether oxygens (including phenoxy) is 1. The highest BCUT2D eigenvalue weighted by atomic mass is 35.5. The average molecular weight is 476 g/mol. The molecule has 0 aromatic heterocycles. The maximum Gasteiger partial charge on any atom is 0.410 e. The van der Waals surface area contributed by atoms with Gasteiger partial charge in [0, 0.05) is 48.6 Å². The summed E-state index contributed by atoms with van der Waals surface area (Å²) >= 11 is 6.69. The quantitative estimate of drug-likeness (QED) is 0.313. The lowest BCUT2D eigenvalue weighted by Gasteiger charge is -2.37. The largest absolute Gasteiger partial charge is 0.444 e. The van der Waals surface area contributed by atoms with E-state index in [1.54, 1.807) is 17.9 Å². The van der Waals surface area contributed by atoms with Crippen molar-refractivity contribution in [2.75, 3.05) is 31.1 Å². The van der Waals surface area contributed by atoms with Crippen molar-refractivity contribution in [3.05, 3.63) is 52.5 Å². The van der Waals surface area contributed by atoms with Crippen molar-refractivity contribution >= 4 is 29.6 Å². The predicted molar refractivity (Wildman–Crippen MR) is 130 cm³/mol. The summed E-state index contributed by atoms with van der Waals surface area (Å²) in [4.78, 5) is 16.2. The standard InChI is InChI=1S/C25H31ClFN3O3/c1-5-22(27)21-15-18(29-10-12-30(13-11-29)24(31)33-25(2,3)4)14-20(23(21)26)19-9-7-6-8-17(19)16-28-32/h6-9,14-16,22,32H,5,10-13H2,1-4H3. The van der Waals surface area contributed by atoms with Crippen molar-refractivity contribution in [3.8, 4) is 11.1 Å². The van der Waals surface area contributed by atoms with Gasteiger partial charge in [-0.15, -0.1) is 0 Å². The summed E-state index contributed by atoms with van der Waals surface area (Å²) in [7, 11) is 0. The van der Waals surface area contributed by atoms with E-state index in [1.165, 1.54) is 6.21 Å². The molecular formula is C25H31ClFN3O3. The first-order chi connectivity index (χ1) is 15.6. The average Bonchev–Trinajstić information content (AvgIpc) is 2.78.